The Labute approximate surface area is 144 Å². The van der Waals surface area contributed by atoms with Gasteiger partial charge >= 0.3 is 0 Å². The van der Waals surface area contributed by atoms with Gasteiger partial charge in [0, 0.05) is 16.6 Å². The Kier molecular flexibility index (Phi) is 5.03. The predicted octanol–water partition coefficient (Wildman–Crippen LogP) is 4.65. The summed E-state index contributed by atoms with van der Waals surface area (Å²) in [5.41, 5.74) is 4.38. The zero-order valence-electron chi connectivity index (χ0n) is 13.1. The Balaban J connectivity index is 1.86. The highest BCUT2D eigenvalue weighted by Gasteiger charge is 2.10. The molecule has 0 aliphatic rings. The lowest BCUT2D eigenvalue weighted by molar-refractivity contribution is 0.102. The fraction of sp³-hybridized carbons (Fsp3) is 0.0526. The second-order valence-corrected chi connectivity index (χ2v) is 5.83. The summed E-state index contributed by atoms with van der Waals surface area (Å²) in [6.45, 7) is 0. The van der Waals surface area contributed by atoms with Crippen LogP contribution in [0.25, 0.3) is 11.1 Å². The van der Waals surface area contributed by atoms with Gasteiger partial charge in [-0.15, -0.1) is 0 Å². The number of hydrogen-bond donors (Lipinski definition) is 1. The maximum absolute atomic E-state index is 12.3. The number of benzene rings is 2. The summed E-state index contributed by atoms with van der Waals surface area (Å²) in [5, 5.41) is 10.5. The first-order chi connectivity index (χ1) is 11.8. The van der Waals surface area contributed by atoms with Gasteiger partial charge in [-0.05, 0) is 28.6 Å². The van der Waals surface area contributed by atoms with Gasteiger partial charge in [0.05, 0.1) is 11.8 Å². The first-order valence-electron chi connectivity index (χ1n) is 7.37. The predicted molar refractivity (Wildman–Crippen MR) is 98.8 cm³/mol. The lowest BCUT2D eigenvalue weighted by Gasteiger charge is -2.11. The highest BCUT2D eigenvalue weighted by molar-refractivity contribution is 7.08. The molecule has 0 bridgehead atoms. The number of oxime groups is 1. The van der Waals surface area contributed by atoms with E-state index < -0.39 is 0 Å². The average Bonchev–Trinajstić information content (AvgIpc) is 3.16. The van der Waals surface area contributed by atoms with E-state index in [1.54, 1.807) is 6.21 Å². The molecule has 0 radical (unpaired) electrons. The molecule has 0 spiro atoms. The second kappa shape index (κ2) is 7.57. The third-order valence-electron chi connectivity index (χ3n) is 3.49. The van der Waals surface area contributed by atoms with Crippen molar-refractivity contribution in [1.82, 2.24) is 0 Å². The van der Waals surface area contributed by atoms with Gasteiger partial charge < -0.3 is 10.2 Å². The number of hydrogen-bond acceptors (Lipinski definition) is 4. The molecule has 1 heterocycles. The van der Waals surface area contributed by atoms with E-state index in [9.17, 15) is 4.79 Å². The van der Waals surface area contributed by atoms with Crippen molar-refractivity contribution in [3.63, 3.8) is 0 Å². The molecule has 0 fully saturated rings. The van der Waals surface area contributed by atoms with Crippen molar-refractivity contribution in [2.24, 2.45) is 5.16 Å². The summed E-state index contributed by atoms with van der Waals surface area (Å²) in [7, 11) is 1.51. The van der Waals surface area contributed by atoms with Crippen LogP contribution in [0, 0.1) is 0 Å². The third-order valence-corrected chi connectivity index (χ3v) is 4.17. The van der Waals surface area contributed by atoms with E-state index in [2.05, 4.69) is 15.3 Å². The molecule has 5 heteroatoms. The molecule has 0 aliphatic heterocycles. The molecular formula is C19H16N2O2S. The molecule has 1 amide bonds. The normalized spacial score (nSPS) is 10.7. The average molecular weight is 336 g/mol. The van der Waals surface area contributed by atoms with Gasteiger partial charge in [0.2, 0.25) is 0 Å². The minimum atomic E-state index is -0.104. The van der Waals surface area contributed by atoms with Crippen molar-refractivity contribution in [1.29, 1.82) is 0 Å². The van der Waals surface area contributed by atoms with Gasteiger partial charge in [-0.25, -0.2) is 0 Å². The quantitative estimate of drug-likeness (QED) is 0.545. The zero-order valence-corrected chi connectivity index (χ0v) is 13.9. The van der Waals surface area contributed by atoms with E-state index in [1.165, 1.54) is 18.4 Å². The van der Waals surface area contributed by atoms with Crippen molar-refractivity contribution in [3.8, 4) is 11.1 Å². The van der Waals surface area contributed by atoms with Crippen LogP contribution in [0.3, 0.4) is 0 Å². The Morgan fingerprint density at radius 1 is 1.12 bits per heavy atom. The molecule has 0 aliphatic carbocycles. The van der Waals surface area contributed by atoms with E-state index in [0.29, 0.717) is 5.56 Å². The number of para-hydroxylation sites is 1. The van der Waals surface area contributed by atoms with Crippen LogP contribution in [0.5, 0.6) is 0 Å². The largest absolute Gasteiger partial charge is 0.399 e. The van der Waals surface area contributed by atoms with Gasteiger partial charge in [0.1, 0.15) is 7.11 Å². The van der Waals surface area contributed by atoms with Crippen molar-refractivity contribution in [2.75, 3.05) is 12.4 Å². The molecule has 120 valence electrons. The van der Waals surface area contributed by atoms with Crippen molar-refractivity contribution >= 4 is 29.1 Å². The number of thiophene rings is 1. The van der Waals surface area contributed by atoms with Crippen LogP contribution in [0.1, 0.15) is 15.9 Å². The Morgan fingerprint density at radius 2 is 1.92 bits per heavy atom. The second-order valence-electron chi connectivity index (χ2n) is 5.05. The van der Waals surface area contributed by atoms with E-state index in [1.807, 2.05) is 65.4 Å². The summed E-state index contributed by atoms with van der Waals surface area (Å²) in [6.07, 6.45) is 1.65. The Hall–Kier alpha value is -2.92. The minimum Gasteiger partial charge on any atom is -0.399 e. The molecule has 24 heavy (non-hydrogen) atoms. The fourth-order valence-corrected chi connectivity index (χ4v) is 2.93. The number of anilines is 1. The van der Waals surface area contributed by atoms with Crippen LogP contribution in [-0.4, -0.2) is 19.2 Å². The summed E-state index contributed by atoms with van der Waals surface area (Å²) in [6, 6.07) is 17.5. The monoisotopic (exact) mass is 336 g/mol. The molecule has 0 saturated carbocycles. The molecule has 0 atom stereocenters. The van der Waals surface area contributed by atoms with Crippen molar-refractivity contribution in [3.05, 3.63) is 76.5 Å². The van der Waals surface area contributed by atoms with Gasteiger partial charge in [-0.1, -0.05) is 47.6 Å². The summed E-state index contributed by atoms with van der Waals surface area (Å²) in [4.78, 5) is 17.0. The highest BCUT2D eigenvalue weighted by atomic mass is 32.1. The summed E-state index contributed by atoms with van der Waals surface area (Å²) < 4.78 is 0. The first kappa shape index (κ1) is 16.0. The lowest BCUT2D eigenvalue weighted by Crippen LogP contribution is -2.11. The van der Waals surface area contributed by atoms with Crippen LogP contribution >= 0.6 is 11.3 Å². The summed E-state index contributed by atoms with van der Waals surface area (Å²) in [5.74, 6) is -0.104. The number of nitrogens with one attached hydrogen (secondary N) is 1. The van der Waals surface area contributed by atoms with E-state index in [4.69, 9.17) is 0 Å². The van der Waals surface area contributed by atoms with Gasteiger partial charge in [-0.2, -0.15) is 11.3 Å². The SMILES string of the molecule is CO/N=C/c1ccc(-c2ccccc2NC(=O)c2ccsc2)cc1. The molecule has 0 saturated heterocycles. The van der Waals surface area contributed by atoms with E-state index in [-0.39, 0.29) is 5.91 Å². The fourth-order valence-electron chi connectivity index (χ4n) is 2.29. The maximum Gasteiger partial charge on any atom is 0.256 e. The van der Waals surface area contributed by atoms with Gasteiger partial charge in [0.15, 0.2) is 0 Å². The Morgan fingerprint density at radius 3 is 2.62 bits per heavy atom. The minimum absolute atomic E-state index is 0.104. The van der Waals surface area contributed by atoms with Crippen LogP contribution in [0.4, 0.5) is 5.69 Å². The number of carbonyl (C=O) groups excluding carboxylic acids is 1. The van der Waals surface area contributed by atoms with Crippen molar-refractivity contribution < 1.29 is 9.63 Å². The highest BCUT2D eigenvalue weighted by Crippen LogP contribution is 2.28. The number of rotatable bonds is 5. The standard InChI is InChI=1S/C19H16N2O2S/c1-23-20-12-14-6-8-15(9-7-14)17-4-2-3-5-18(17)21-19(22)16-10-11-24-13-16/h2-13H,1H3,(H,21,22)/b20-12+. The molecular weight excluding hydrogens is 320 g/mol. The van der Waals surface area contributed by atoms with Gasteiger partial charge in [0.25, 0.3) is 5.91 Å². The molecule has 4 nitrogen and oxygen atoms in total. The molecule has 2 aromatic carbocycles. The molecule has 0 unspecified atom stereocenters. The molecule has 1 N–H and O–H groups in total. The van der Waals surface area contributed by atoms with Crippen LogP contribution in [-0.2, 0) is 4.84 Å². The Bertz CT molecular complexity index is 840. The number of nitrogens with zero attached hydrogens (tertiary/aromatic N) is 1. The zero-order chi connectivity index (χ0) is 16.8. The summed E-state index contributed by atoms with van der Waals surface area (Å²) >= 11 is 1.50. The van der Waals surface area contributed by atoms with E-state index in [0.717, 1.165) is 22.4 Å². The van der Waals surface area contributed by atoms with Crippen molar-refractivity contribution in [2.45, 2.75) is 0 Å². The molecule has 3 rings (SSSR count). The third kappa shape index (κ3) is 3.70. The van der Waals surface area contributed by atoms with Crippen LogP contribution < -0.4 is 5.32 Å². The number of carbonyl (C=O) groups is 1. The first-order valence-corrected chi connectivity index (χ1v) is 8.32. The van der Waals surface area contributed by atoms with E-state index >= 15 is 0 Å². The molecule has 1 aromatic heterocycles. The maximum atomic E-state index is 12.3. The molecule has 3 aromatic rings. The topological polar surface area (TPSA) is 50.7 Å². The number of amides is 1. The van der Waals surface area contributed by atoms with Crippen LogP contribution in [0.2, 0.25) is 0 Å². The van der Waals surface area contributed by atoms with Crippen LogP contribution in [0.15, 0.2) is 70.5 Å². The lowest BCUT2D eigenvalue weighted by atomic mass is 10.0. The van der Waals surface area contributed by atoms with Gasteiger partial charge in [-0.3, -0.25) is 4.79 Å². The smallest absolute Gasteiger partial charge is 0.256 e.